The monoisotopic (exact) mass is 453 g/mol. The van der Waals surface area contributed by atoms with Crippen LogP contribution in [0.2, 0.25) is 5.02 Å². The van der Waals surface area contributed by atoms with E-state index in [-0.39, 0.29) is 18.3 Å². The van der Waals surface area contributed by atoms with Crippen molar-refractivity contribution < 1.29 is 27.5 Å². The number of ketones is 1. The first-order valence-corrected chi connectivity index (χ1v) is 10.3. The maximum atomic E-state index is 13.3. The molecule has 1 amide bonds. The fourth-order valence-corrected chi connectivity index (χ4v) is 4.32. The summed E-state index contributed by atoms with van der Waals surface area (Å²) >= 11 is 6.42. The lowest BCUT2D eigenvalue weighted by molar-refractivity contribution is -0.176. The van der Waals surface area contributed by atoms with E-state index in [4.69, 9.17) is 11.6 Å². The topological polar surface area (TPSA) is 46.6 Å². The molecule has 0 radical (unpaired) electrons. The van der Waals surface area contributed by atoms with E-state index in [9.17, 15) is 22.8 Å². The minimum Gasteiger partial charge on any atom is -0.367 e. The molecule has 0 N–H and O–H groups in total. The highest BCUT2D eigenvalue weighted by atomic mass is 35.5. The largest absolute Gasteiger partial charge is 0.411 e. The average molecular weight is 454 g/mol. The van der Waals surface area contributed by atoms with Crippen molar-refractivity contribution in [3.8, 4) is 0 Å². The molecule has 1 aliphatic carbocycles. The molecule has 1 unspecified atom stereocenters. The highest BCUT2D eigenvalue weighted by Gasteiger charge is 2.48. The van der Waals surface area contributed by atoms with Gasteiger partial charge in [-0.05, 0) is 43.0 Å². The number of amides is 1. The number of alkyl halides is 3. The summed E-state index contributed by atoms with van der Waals surface area (Å²) in [7, 11) is 1.59. The first-order valence-electron chi connectivity index (χ1n) is 9.95. The Hall–Kier alpha value is -2.38. The quantitative estimate of drug-likeness (QED) is 0.577. The number of hydrogen-bond donors (Lipinski definition) is 0. The normalized spacial score (nSPS) is 19.3. The van der Waals surface area contributed by atoms with E-state index in [2.05, 4.69) is 4.74 Å². The molecule has 0 aromatic heterocycles. The third-order valence-electron chi connectivity index (χ3n) is 5.59. The number of rotatable bonds is 6. The molecule has 1 fully saturated rings. The van der Waals surface area contributed by atoms with Crippen molar-refractivity contribution in [2.24, 2.45) is 0 Å². The van der Waals surface area contributed by atoms with Gasteiger partial charge in [0.25, 0.3) is 5.91 Å². The van der Waals surface area contributed by atoms with Crippen LogP contribution in [0.5, 0.6) is 0 Å². The van der Waals surface area contributed by atoms with Gasteiger partial charge in [0.15, 0.2) is 5.78 Å². The number of nitrogens with zero attached hydrogens (tertiary/aromatic N) is 1. The predicted octanol–water partition coefficient (Wildman–Crippen LogP) is 5.53. The smallest absolute Gasteiger partial charge is 0.367 e. The lowest BCUT2D eigenvalue weighted by Crippen LogP contribution is -2.54. The van der Waals surface area contributed by atoms with E-state index < -0.39 is 18.3 Å². The Bertz CT molecular complexity index is 946. The van der Waals surface area contributed by atoms with Crippen LogP contribution in [0, 0.1) is 0 Å². The molecule has 4 nitrogen and oxygen atoms in total. The van der Waals surface area contributed by atoms with Gasteiger partial charge in [-0.15, -0.1) is 0 Å². The van der Waals surface area contributed by atoms with Crippen molar-refractivity contribution in [2.75, 3.05) is 13.7 Å². The molecular formula is C23H23ClF3NO3. The van der Waals surface area contributed by atoms with Crippen LogP contribution in [0.15, 0.2) is 48.5 Å². The second-order valence-electron chi connectivity index (χ2n) is 7.64. The van der Waals surface area contributed by atoms with Gasteiger partial charge < -0.3 is 9.64 Å². The number of Topliss-reactive ketones (excluding diaryl/α,β-unsaturated/α-hetero) is 1. The van der Waals surface area contributed by atoms with Crippen LogP contribution in [-0.4, -0.2) is 36.4 Å². The summed E-state index contributed by atoms with van der Waals surface area (Å²) in [5.41, 5.74) is 0.293. The van der Waals surface area contributed by atoms with Gasteiger partial charge in [0.1, 0.15) is 12.1 Å². The molecule has 1 atom stereocenters. The molecule has 8 heteroatoms. The number of carbonyl (C=O) groups is 2. The Balaban J connectivity index is 1.84. The van der Waals surface area contributed by atoms with Gasteiger partial charge in [0.2, 0.25) is 0 Å². The van der Waals surface area contributed by atoms with Gasteiger partial charge >= 0.3 is 6.18 Å². The predicted molar refractivity (Wildman–Crippen MR) is 111 cm³/mol. The summed E-state index contributed by atoms with van der Waals surface area (Å²) in [5.74, 6) is -0.419. The molecule has 31 heavy (non-hydrogen) atoms. The molecule has 0 heterocycles. The molecule has 1 aliphatic rings. The van der Waals surface area contributed by atoms with Gasteiger partial charge in [-0.2, -0.15) is 13.2 Å². The fourth-order valence-electron chi connectivity index (χ4n) is 4.02. The van der Waals surface area contributed by atoms with Crippen LogP contribution >= 0.6 is 11.6 Å². The lowest BCUT2D eigenvalue weighted by Gasteiger charge is -2.44. The minimum atomic E-state index is -4.39. The van der Waals surface area contributed by atoms with Crippen molar-refractivity contribution >= 4 is 23.3 Å². The number of benzene rings is 2. The Kier molecular flexibility index (Phi) is 7.06. The van der Waals surface area contributed by atoms with Crippen molar-refractivity contribution in [1.29, 1.82) is 0 Å². The van der Waals surface area contributed by atoms with E-state index in [1.807, 2.05) is 0 Å². The van der Waals surface area contributed by atoms with Crippen LogP contribution in [0.3, 0.4) is 0 Å². The zero-order valence-electron chi connectivity index (χ0n) is 17.0. The molecule has 2 aromatic carbocycles. The van der Waals surface area contributed by atoms with E-state index in [0.717, 1.165) is 12.8 Å². The van der Waals surface area contributed by atoms with Gasteiger partial charge in [0.05, 0.1) is 6.61 Å². The Morgan fingerprint density at radius 3 is 2.42 bits per heavy atom. The molecule has 166 valence electrons. The highest BCUT2D eigenvalue weighted by Crippen LogP contribution is 2.42. The molecule has 0 saturated heterocycles. The van der Waals surface area contributed by atoms with Gasteiger partial charge in [-0.25, -0.2) is 0 Å². The second kappa shape index (κ2) is 9.40. The summed E-state index contributed by atoms with van der Waals surface area (Å²) < 4.78 is 41.3. The molecule has 0 spiro atoms. The molecule has 0 bridgehead atoms. The fraction of sp³-hybridized carbons (Fsp3) is 0.391. The summed E-state index contributed by atoms with van der Waals surface area (Å²) in [6, 6.07) is 13.2. The molecule has 3 rings (SSSR count). The summed E-state index contributed by atoms with van der Waals surface area (Å²) in [5, 5.41) is 0.426. The lowest BCUT2D eigenvalue weighted by atomic mass is 9.74. The van der Waals surface area contributed by atoms with Crippen LogP contribution < -0.4 is 0 Å². The third-order valence-corrected chi connectivity index (χ3v) is 5.92. The van der Waals surface area contributed by atoms with E-state index in [1.165, 1.54) is 17.0 Å². The summed E-state index contributed by atoms with van der Waals surface area (Å²) in [6.07, 6.45) is -2.01. The van der Waals surface area contributed by atoms with Crippen molar-refractivity contribution in [1.82, 2.24) is 4.90 Å². The Morgan fingerprint density at radius 1 is 1.13 bits per heavy atom. The summed E-state index contributed by atoms with van der Waals surface area (Å²) in [4.78, 5) is 27.9. The van der Waals surface area contributed by atoms with Crippen molar-refractivity contribution in [3.05, 3.63) is 70.2 Å². The van der Waals surface area contributed by atoms with E-state index >= 15 is 0 Å². The zero-order valence-corrected chi connectivity index (χ0v) is 17.8. The number of likely N-dealkylation sites (N-methyl/N-ethyl adjacent to an activating group) is 1. The second-order valence-corrected chi connectivity index (χ2v) is 8.05. The Labute approximate surface area is 183 Å². The zero-order chi connectivity index (χ0) is 22.6. The van der Waals surface area contributed by atoms with E-state index in [0.29, 0.717) is 34.6 Å². The first kappa shape index (κ1) is 23.3. The number of ether oxygens (including phenoxy) is 1. The van der Waals surface area contributed by atoms with Gasteiger partial charge in [-0.3, -0.25) is 9.59 Å². The first-order chi connectivity index (χ1) is 14.6. The standard InChI is InChI=1S/C23H23ClF3NO3/c1-28(21(30)17-11-9-16(10-12-17)14-31-15-23(25,26)27)22(13-5-4-8-20(22)29)18-6-2-3-7-19(18)24/h2-3,6-7,9-12H,4-5,8,13-15H2,1H3. The Morgan fingerprint density at radius 2 is 1.81 bits per heavy atom. The minimum absolute atomic E-state index is 0.0557. The number of carbonyl (C=O) groups excluding carboxylic acids is 2. The van der Waals surface area contributed by atoms with Crippen LogP contribution in [0.1, 0.15) is 47.2 Å². The van der Waals surface area contributed by atoms with Gasteiger partial charge in [-0.1, -0.05) is 41.9 Å². The average Bonchev–Trinajstić information content (AvgIpc) is 2.73. The molecule has 2 aromatic rings. The highest BCUT2D eigenvalue weighted by molar-refractivity contribution is 6.31. The van der Waals surface area contributed by atoms with Crippen LogP contribution in [0.25, 0.3) is 0 Å². The summed E-state index contributed by atoms with van der Waals surface area (Å²) in [6.45, 7) is -1.55. The van der Waals surface area contributed by atoms with Crippen molar-refractivity contribution in [3.63, 3.8) is 0 Å². The number of hydrogen-bond acceptors (Lipinski definition) is 3. The maximum absolute atomic E-state index is 13.3. The van der Waals surface area contributed by atoms with Gasteiger partial charge in [0, 0.05) is 29.6 Å². The van der Waals surface area contributed by atoms with Crippen molar-refractivity contribution in [2.45, 2.75) is 44.0 Å². The number of halogens is 4. The molecule has 1 saturated carbocycles. The van der Waals surface area contributed by atoms with E-state index in [1.54, 1.807) is 43.4 Å². The molecular weight excluding hydrogens is 431 g/mol. The maximum Gasteiger partial charge on any atom is 0.411 e. The van der Waals surface area contributed by atoms with Crippen LogP contribution in [0.4, 0.5) is 13.2 Å². The van der Waals surface area contributed by atoms with Crippen LogP contribution in [-0.2, 0) is 21.7 Å². The molecule has 0 aliphatic heterocycles. The SMILES string of the molecule is CN(C(=O)c1ccc(COCC(F)(F)F)cc1)C1(c2ccccc2Cl)CCCCC1=O. The third kappa shape index (κ3) is 5.10.